The van der Waals surface area contributed by atoms with Gasteiger partial charge in [-0.1, -0.05) is 0 Å². The maximum atomic E-state index is 12.5. The Morgan fingerprint density at radius 2 is 1.76 bits per heavy atom. The van der Waals surface area contributed by atoms with Gasteiger partial charge in [-0.3, -0.25) is 4.79 Å². The minimum Gasteiger partial charge on any atom is -0.493 e. The van der Waals surface area contributed by atoms with Gasteiger partial charge in [0.05, 0.1) is 25.5 Å². The highest BCUT2D eigenvalue weighted by atomic mass is 16.5. The second-order valence-corrected chi connectivity index (χ2v) is 5.52. The Morgan fingerprint density at radius 3 is 2.38 bits per heavy atom. The van der Waals surface area contributed by atoms with E-state index < -0.39 is 0 Å². The van der Waals surface area contributed by atoms with E-state index in [1.165, 1.54) is 0 Å². The van der Waals surface area contributed by atoms with Crippen LogP contribution in [-0.4, -0.2) is 45.9 Å². The number of hydrogen-bond donors (Lipinski definition) is 2. The molecule has 1 aromatic rings. The minimum atomic E-state index is -0.311. The number of rotatable bonds is 2. The summed E-state index contributed by atoms with van der Waals surface area (Å²) >= 11 is 0. The zero-order chi connectivity index (χ0) is 15.0. The van der Waals surface area contributed by atoms with Crippen LogP contribution in [0.2, 0.25) is 0 Å². The average Bonchev–Trinajstić information content (AvgIpc) is 2.52. The largest absolute Gasteiger partial charge is 0.493 e. The molecule has 1 saturated heterocycles. The molecule has 2 aliphatic rings. The molecule has 3 rings (SSSR count). The number of methoxy groups -OCH3 is 2. The first kappa shape index (κ1) is 14.0. The van der Waals surface area contributed by atoms with Gasteiger partial charge in [0.15, 0.2) is 11.5 Å². The predicted molar refractivity (Wildman–Crippen MR) is 80.2 cm³/mol. The van der Waals surface area contributed by atoms with Crippen molar-refractivity contribution in [1.82, 2.24) is 10.6 Å². The number of ether oxygens (including phenoxy) is 2. The molecule has 0 radical (unpaired) electrons. The lowest BCUT2D eigenvalue weighted by Crippen LogP contribution is -2.66. The SMILES string of the molecule is COc1cc2c(cc1OC)N(C)C1(CCNCC1)NC2=O. The zero-order valence-electron chi connectivity index (χ0n) is 12.7. The summed E-state index contributed by atoms with van der Waals surface area (Å²) in [5, 5.41) is 6.51. The molecule has 1 amide bonds. The van der Waals surface area contributed by atoms with Crippen LogP contribution in [0.1, 0.15) is 23.2 Å². The van der Waals surface area contributed by atoms with Gasteiger partial charge in [-0.05, 0) is 19.2 Å². The van der Waals surface area contributed by atoms with Crippen molar-refractivity contribution in [3.63, 3.8) is 0 Å². The van der Waals surface area contributed by atoms with E-state index in [1.807, 2.05) is 13.1 Å². The monoisotopic (exact) mass is 291 g/mol. The van der Waals surface area contributed by atoms with Gasteiger partial charge < -0.3 is 25.0 Å². The van der Waals surface area contributed by atoms with E-state index in [9.17, 15) is 4.79 Å². The van der Waals surface area contributed by atoms with Gasteiger partial charge in [0.25, 0.3) is 5.91 Å². The first-order valence-electron chi connectivity index (χ1n) is 7.14. The summed E-state index contributed by atoms with van der Waals surface area (Å²) in [5.41, 5.74) is 1.20. The Balaban J connectivity index is 2.08. The molecule has 0 aliphatic carbocycles. The smallest absolute Gasteiger partial charge is 0.255 e. The molecule has 6 heteroatoms. The van der Waals surface area contributed by atoms with Crippen molar-refractivity contribution in [2.75, 3.05) is 39.3 Å². The number of anilines is 1. The molecule has 0 saturated carbocycles. The number of carbonyl (C=O) groups is 1. The third kappa shape index (κ3) is 2.10. The summed E-state index contributed by atoms with van der Waals surface area (Å²) in [4.78, 5) is 14.7. The molecule has 1 aromatic carbocycles. The summed E-state index contributed by atoms with van der Waals surface area (Å²) in [5.74, 6) is 1.16. The average molecular weight is 291 g/mol. The van der Waals surface area contributed by atoms with Gasteiger partial charge in [-0.2, -0.15) is 0 Å². The van der Waals surface area contributed by atoms with Crippen molar-refractivity contribution in [1.29, 1.82) is 0 Å². The lowest BCUT2D eigenvalue weighted by atomic mass is 9.91. The van der Waals surface area contributed by atoms with Crippen LogP contribution in [0, 0.1) is 0 Å². The lowest BCUT2D eigenvalue weighted by Gasteiger charge is -2.49. The molecule has 2 N–H and O–H groups in total. The number of piperidine rings is 1. The summed E-state index contributed by atoms with van der Waals surface area (Å²) in [6, 6.07) is 3.63. The molecule has 21 heavy (non-hydrogen) atoms. The van der Waals surface area contributed by atoms with Crippen molar-refractivity contribution in [2.24, 2.45) is 0 Å². The number of carbonyl (C=O) groups excluding carboxylic acids is 1. The lowest BCUT2D eigenvalue weighted by molar-refractivity contribution is 0.0856. The van der Waals surface area contributed by atoms with Crippen LogP contribution in [0.15, 0.2) is 12.1 Å². The van der Waals surface area contributed by atoms with Crippen LogP contribution in [0.5, 0.6) is 11.5 Å². The predicted octanol–water partition coefficient (Wildman–Crippen LogP) is 0.963. The topological polar surface area (TPSA) is 62.8 Å². The van der Waals surface area contributed by atoms with Gasteiger partial charge in [0.2, 0.25) is 0 Å². The fourth-order valence-electron chi connectivity index (χ4n) is 3.22. The van der Waals surface area contributed by atoms with Crippen LogP contribution >= 0.6 is 0 Å². The number of fused-ring (bicyclic) bond motifs is 1. The highest BCUT2D eigenvalue weighted by Crippen LogP contribution is 2.40. The molecular formula is C15H21N3O3. The van der Waals surface area contributed by atoms with Gasteiger partial charge >= 0.3 is 0 Å². The van der Waals surface area contributed by atoms with Crippen molar-refractivity contribution in [3.8, 4) is 11.5 Å². The van der Waals surface area contributed by atoms with E-state index in [4.69, 9.17) is 9.47 Å². The van der Waals surface area contributed by atoms with Gasteiger partial charge in [0, 0.05) is 26.0 Å². The fraction of sp³-hybridized carbons (Fsp3) is 0.533. The molecule has 0 bridgehead atoms. The molecule has 2 aliphatic heterocycles. The van der Waals surface area contributed by atoms with Crippen molar-refractivity contribution < 1.29 is 14.3 Å². The van der Waals surface area contributed by atoms with E-state index in [0.29, 0.717) is 17.1 Å². The van der Waals surface area contributed by atoms with Crippen LogP contribution in [0.25, 0.3) is 0 Å². The second kappa shape index (κ2) is 5.11. The maximum Gasteiger partial charge on any atom is 0.255 e. The normalized spacial score (nSPS) is 20.0. The van der Waals surface area contributed by atoms with Crippen molar-refractivity contribution in [3.05, 3.63) is 17.7 Å². The maximum absolute atomic E-state index is 12.5. The van der Waals surface area contributed by atoms with Crippen molar-refractivity contribution >= 4 is 11.6 Å². The Kier molecular flexibility index (Phi) is 3.41. The quantitative estimate of drug-likeness (QED) is 0.850. The third-order valence-corrected chi connectivity index (χ3v) is 4.53. The highest BCUT2D eigenvalue weighted by molar-refractivity contribution is 6.03. The Morgan fingerprint density at radius 1 is 1.14 bits per heavy atom. The number of amides is 1. The van der Waals surface area contributed by atoms with Crippen LogP contribution in [0.3, 0.4) is 0 Å². The molecule has 0 aromatic heterocycles. The molecular weight excluding hydrogens is 270 g/mol. The Hall–Kier alpha value is -1.95. The fourth-order valence-corrected chi connectivity index (χ4v) is 3.22. The Bertz CT molecular complexity index is 568. The van der Waals surface area contributed by atoms with Gasteiger partial charge in [-0.25, -0.2) is 0 Å². The summed E-state index contributed by atoms with van der Waals surface area (Å²) in [6.07, 6.45) is 1.76. The molecule has 1 spiro atoms. The molecule has 2 heterocycles. The zero-order valence-corrected chi connectivity index (χ0v) is 12.7. The van der Waals surface area contributed by atoms with Crippen molar-refractivity contribution in [2.45, 2.75) is 18.5 Å². The van der Waals surface area contributed by atoms with E-state index in [-0.39, 0.29) is 11.6 Å². The van der Waals surface area contributed by atoms with E-state index >= 15 is 0 Å². The first-order valence-corrected chi connectivity index (χ1v) is 7.14. The summed E-state index contributed by atoms with van der Waals surface area (Å²) in [7, 11) is 5.20. The van der Waals surface area contributed by atoms with Gasteiger partial charge in [-0.15, -0.1) is 0 Å². The van der Waals surface area contributed by atoms with Gasteiger partial charge in [0.1, 0.15) is 5.66 Å². The second-order valence-electron chi connectivity index (χ2n) is 5.52. The number of benzene rings is 1. The molecule has 1 fully saturated rings. The summed E-state index contributed by atoms with van der Waals surface area (Å²) in [6.45, 7) is 1.79. The van der Waals surface area contributed by atoms with E-state index in [1.54, 1.807) is 20.3 Å². The molecule has 114 valence electrons. The van der Waals surface area contributed by atoms with E-state index in [0.717, 1.165) is 31.6 Å². The Labute approximate surface area is 124 Å². The minimum absolute atomic E-state index is 0.0500. The number of nitrogens with one attached hydrogen (secondary N) is 2. The van der Waals surface area contributed by atoms with E-state index in [2.05, 4.69) is 15.5 Å². The number of hydrogen-bond acceptors (Lipinski definition) is 5. The molecule has 6 nitrogen and oxygen atoms in total. The van der Waals surface area contributed by atoms with Crippen LogP contribution in [0.4, 0.5) is 5.69 Å². The standard InChI is InChI=1S/C15H21N3O3/c1-18-11-9-13(21-3)12(20-2)8-10(11)14(19)17-15(18)4-6-16-7-5-15/h8-9,16H,4-7H2,1-3H3,(H,17,19). The highest BCUT2D eigenvalue weighted by Gasteiger charge is 2.43. The molecule has 0 unspecified atom stereocenters. The molecule has 0 atom stereocenters. The van der Waals surface area contributed by atoms with Crippen LogP contribution < -0.4 is 25.0 Å². The summed E-state index contributed by atoms with van der Waals surface area (Å²) < 4.78 is 10.7. The van der Waals surface area contributed by atoms with Crippen LogP contribution in [-0.2, 0) is 0 Å². The third-order valence-electron chi connectivity index (χ3n) is 4.53. The number of nitrogens with zero attached hydrogens (tertiary/aromatic N) is 1. The first-order chi connectivity index (χ1) is 10.1.